The van der Waals surface area contributed by atoms with E-state index in [4.69, 9.17) is 4.74 Å². The molecule has 0 bridgehead atoms. The average Bonchev–Trinajstić information content (AvgIpc) is 3.00. The van der Waals surface area contributed by atoms with Crippen molar-refractivity contribution in [2.45, 2.75) is 20.5 Å². The maximum absolute atomic E-state index is 11.7. The quantitative estimate of drug-likeness (QED) is 0.862. The Morgan fingerprint density at radius 2 is 1.95 bits per heavy atom. The summed E-state index contributed by atoms with van der Waals surface area (Å²) in [6.07, 6.45) is 2.50. The molecular formula is C16H23N3O3. The first-order valence-corrected chi connectivity index (χ1v) is 7.11. The molecule has 0 spiro atoms. The van der Waals surface area contributed by atoms with Gasteiger partial charge >= 0.3 is 6.09 Å². The number of rotatable bonds is 5. The van der Waals surface area contributed by atoms with Gasteiger partial charge in [-0.1, -0.05) is 44.2 Å². The molecule has 1 aromatic carbocycles. The molecule has 2 aromatic rings. The van der Waals surface area contributed by atoms with Crippen molar-refractivity contribution in [2.75, 3.05) is 6.54 Å². The van der Waals surface area contributed by atoms with E-state index in [0.29, 0.717) is 5.69 Å². The van der Waals surface area contributed by atoms with Crippen LogP contribution in [0.5, 0.6) is 0 Å². The van der Waals surface area contributed by atoms with Gasteiger partial charge < -0.3 is 14.6 Å². The van der Waals surface area contributed by atoms with Gasteiger partial charge in [0, 0.05) is 14.7 Å². The summed E-state index contributed by atoms with van der Waals surface area (Å²) in [5.74, 6) is -0.262. The minimum Gasteiger partial charge on any atom is -0.445 e. The van der Waals surface area contributed by atoms with Crippen LogP contribution >= 0.6 is 0 Å². The van der Waals surface area contributed by atoms with Crippen LogP contribution in [0.25, 0.3) is 0 Å². The van der Waals surface area contributed by atoms with Gasteiger partial charge in [0.1, 0.15) is 12.3 Å². The number of carbonyl (C=O) groups excluding carboxylic acids is 2. The summed E-state index contributed by atoms with van der Waals surface area (Å²) in [6.45, 7) is 4.04. The van der Waals surface area contributed by atoms with Crippen molar-refractivity contribution in [3.63, 3.8) is 0 Å². The van der Waals surface area contributed by atoms with Gasteiger partial charge in [-0.15, -0.1) is 0 Å². The van der Waals surface area contributed by atoms with Gasteiger partial charge in [-0.2, -0.15) is 0 Å². The number of aryl methyl sites for hydroxylation is 1. The van der Waals surface area contributed by atoms with E-state index in [2.05, 4.69) is 10.3 Å². The lowest BCUT2D eigenvalue weighted by molar-refractivity contribution is 0.0970. The average molecular weight is 305 g/mol. The second kappa shape index (κ2) is 9.33. The van der Waals surface area contributed by atoms with Gasteiger partial charge in [0.25, 0.3) is 0 Å². The number of nitrogens with zero attached hydrogens (tertiary/aromatic N) is 2. The number of hydrogen-bond donors (Lipinski definition) is 1. The molecule has 0 fully saturated rings. The highest BCUT2D eigenvalue weighted by molar-refractivity contribution is 5.97. The highest BCUT2D eigenvalue weighted by atomic mass is 16.5. The van der Waals surface area contributed by atoms with Crippen LogP contribution in [-0.4, -0.2) is 28.0 Å². The van der Waals surface area contributed by atoms with Crippen LogP contribution in [0.15, 0.2) is 42.9 Å². The smallest absolute Gasteiger partial charge is 0.407 e. The van der Waals surface area contributed by atoms with Crippen LogP contribution in [0.2, 0.25) is 0 Å². The number of ether oxygens (including phenoxy) is 1. The Labute approximate surface area is 131 Å². The van der Waals surface area contributed by atoms with E-state index in [0.717, 1.165) is 5.56 Å². The fourth-order valence-electron chi connectivity index (χ4n) is 1.57. The molecule has 1 amide bonds. The van der Waals surface area contributed by atoms with Gasteiger partial charge in [-0.3, -0.25) is 4.79 Å². The Kier molecular flexibility index (Phi) is 7.39. The third-order valence-electron chi connectivity index (χ3n) is 2.60. The molecule has 1 heterocycles. The molecule has 0 aliphatic rings. The van der Waals surface area contributed by atoms with Gasteiger partial charge in [-0.25, -0.2) is 9.78 Å². The molecule has 2 rings (SSSR count). The van der Waals surface area contributed by atoms with Crippen molar-refractivity contribution in [1.82, 2.24) is 14.9 Å². The Bertz CT molecular complexity index is 600. The van der Waals surface area contributed by atoms with Crippen LogP contribution < -0.4 is 5.32 Å². The minimum absolute atomic E-state index is 0. The molecule has 120 valence electrons. The Morgan fingerprint density at radius 3 is 2.55 bits per heavy atom. The van der Waals surface area contributed by atoms with Crippen LogP contribution in [0, 0.1) is 0 Å². The molecule has 0 saturated heterocycles. The zero-order chi connectivity index (χ0) is 16.4. The van der Waals surface area contributed by atoms with E-state index in [1.807, 2.05) is 44.2 Å². The molecule has 6 heteroatoms. The van der Waals surface area contributed by atoms with Crippen molar-refractivity contribution >= 4 is 11.9 Å². The van der Waals surface area contributed by atoms with Gasteiger partial charge in [0.05, 0.1) is 12.9 Å². The van der Waals surface area contributed by atoms with Gasteiger partial charge in [-0.05, 0) is 5.56 Å². The van der Waals surface area contributed by atoms with Crippen molar-refractivity contribution < 1.29 is 15.8 Å². The summed E-state index contributed by atoms with van der Waals surface area (Å²) in [6, 6.07) is 9.32. The molecule has 22 heavy (non-hydrogen) atoms. The number of ketones is 1. The van der Waals surface area contributed by atoms with Gasteiger partial charge in [0.15, 0.2) is 0 Å². The van der Waals surface area contributed by atoms with E-state index in [1.54, 1.807) is 17.8 Å². The first-order chi connectivity index (χ1) is 10.6. The van der Waals surface area contributed by atoms with Crippen LogP contribution in [-0.2, 0) is 18.4 Å². The van der Waals surface area contributed by atoms with Crippen molar-refractivity contribution in [3.05, 3.63) is 54.1 Å². The van der Waals surface area contributed by atoms with E-state index >= 15 is 0 Å². The second-order valence-corrected chi connectivity index (χ2v) is 4.26. The van der Waals surface area contributed by atoms with Crippen molar-refractivity contribution in [3.8, 4) is 0 Å². The SMILES string of the molecule is CC.Cn1cnc(C(=O)CNC(=O)OCc2ccccc2)c1.[HH]. The molecule has 1 aromatic heterocycles. The molecule has 0 aliphatic carbocycles. The number of imidazole rings is 1. The standard InChI is InChI=1S/C14H15N3O3.C2H6.H2/c1-17-8-12(16-10-17)13(18)7-15-14(19)20-9-11-5-3-2-4-6-11;1-2;/h2-6,8,10H,7,9H2,1H3,(H,15,19);1-2H3;1H. The maximum atomic E-state index is 11.7. The topological polar surface area (TPSA) is 73.2 Å². The van der Waals surface area contributed by atoms with Crippen molar-refractivity contribution in [2.24, 2.45) is 7.05 Å². The van der Waals surface area contributed by atoms with E-state index in [1.165, 1.54) is 6.33 Å². The molecule has 0 saturated carbocycles. The molecule has 0 radical (unpaired) electrons. The molecular weight excluding hydrogens is 282 g/mol. The lowest BCUT2D eigenvalue weighted by atomic mass is 10.2. The van der Waals surface area contributed by atoms with Crippen molar-refractivity contribution in [1.29, 1.82) is 0 Å². The summed E-state index contributed by atoms with van der Waals surface area (Å²) in [4.78, 5) is 27.0. The van der Waals surface area contributed by atoms with Crippen LogP contribution in [0.4, 0.5) is 4.79 Å². The Morgan fingerprint density at radius 1 is 1.27 bits per heavy atom. The monoisotopic (exact) mass is 305 g/mol. The number of nitrogens with one attached hydrogen (secondary N) is 1. The lowest BCUT2D eigenvalue weighted by Gasteiger charge is -2.05. The lowest BCUT2D eigenvalue weighted by Crippen LogP contribution is -2.30. The third-order valence-corrected chi connectivity index (χ3v) is 2.60. The molecule has 0 unspecified atom stereocenters. The predicted octanol–water partition coefficient (Wildman–Crippen LogP) is 2.80. The number of amides is 1. The number of benzene rings is 1. The molecule has 0 aliphatic heterocycles. The largest absolute Gasteiger partial charge is 0.445 e. The fraction of sp³-hybridized carbons (Fsp3) is 0.312. The summed E-state index contributed by atoms with van der Waals surface area (Å²) in [7, 11) is 1.77. The zero-order valence-electron chi connectivity index (χ0n) is 13.1. The predicted molar refractivity (Wildman–Crippen MR) is 85.6 cm³/mol. The van der Waals surface area contributed by atoms with E-state index < -0.39 is 6.09 Å². The van der Waals surface area contributed by atoms with Crippen LogP contribution in [0.3, 0.4) is 0 Å². The highest BCUT2D eigenvalue weighted by Gasteiger charge is 2.11. The van der Waals surface area contributed by atoms with Gasteiger partial charge in [0.2, 0.25) is 5.78 Å². The van der Waals surface area contributed by atoms with E-state index in [9.17, 15) is 9.59 Å². The summed E-state index contributed by atoms with van der Waals surface area (Å²) in [5.41, 5.74) is 1.20. The third kappa shape index (κ3) is 5.78. The molecule has 6 nitrogen and oxygen atoms in total. The fourth-order valence-corrected chi connectivity index (χ4v) is 1.57. The number of Topliss-reactive ketones (excluding diaryl/α,β-unsaturated/α-hetero) is 1. The number of alkyl carbamates (subject to hydrolysis) is 1. The number of hydrogen-bond acceptors (Lipinski definition) is 4. The number of aromatic nitrogens is 2. The number of carbonyl (C=O) groups is 2. The zero-order valence-corrected chi connectivity index (χ0v) is 13.1. The summed E-state index contributed by atoms with van der Waals surface area (Å²) in [5, 5.41) is 2.40. The normalized spacial score (nSPS) is 9.41. The minimum atomic E-state index is -0.627. The maximum Gasteiger partial charge on any atom is 0.407 e. The van der Waals surface area contributed by atoms with E-state index in [-0.39, 0.29) is 20.4 Å². The molecule has 1 N–H and O–H groups in total. The Balaban J connectivity index is 0.00000155. The van der Waals surface area contributed by atoms with Crippen LogP contribution in [0.1, 0.15) is 31.3 Å². The first kappa shape index (κ1) is 17.4. The summed E-state index contributed by atoms with van der Waals surface area (Å²) >= 11 is 0. The first-order valence-electron chi connectivity index (χ1n) is 7.11. The Hall–Kier alpha value is -2.63. The second-order valence-electron chi connectivity index (χ2n) is 4.26. The highest BCUT2D eigenvalue weighted by Crippen LogP contribution is 2.00. The molecule has 0 atom stereocenters. The summed E-state index contributed by atoms with van der Waals surface area (Å²) < 4.78 is 6.66.